The van der Waals surface area contributed by atoms with Gasteiger partial charge in [0.05, 0.1) is 58.5 Å². The Labute approximate surface area is 360 Å². The lowest BCUT2D eigenvalue weighted by Crippen LogP contribution is -2.57. The molecule has 6 rings (SSSR count). The summed E-state index contributed by atoms with van der Waals surface area (Å²) in [4.78, 5) is 23.8. The Morgan fingerprint density at radius 3 is 1.21 bits per heavy atom. The van der Waals surface area contributed by atoms with E-state index in [1.807, 2.05) is 74.5 Å². The van der Waals surface area contributed by atoms with Gasteiger partial charge < -0.3 is 31.6 Å². The van der Waals surface area contributed by atoms with E-state index in [2.05, 4.69) is 10.6 Å². The van der Waals surface area contributed by atoms with Crippen LogP contribution in [0.1, 0.15) is 110 Å². The number of halogens is 6. The van der Waals surface area contributed by atoms with Crippen molar-refractivity contribution in [3.63, 3.8) is 0 Å². The van der Waals surface area contributed by atoms with Gasteiger partial charge >= 0.3 is 12.4 Å². The molecule has 2 aliphatic heterocycles. The Balaban J connectivity index is 0.000000234. The zero-order valence-electron chi connectivity index (χ0n) is 36.1. The average Bonchev–Trinajstić information content (AvgIpc) is 3.23. The number of nitrogens with one attached hydrogen (secondary N) is 2. The lowest BCUT2D eigenvalue weighted by Gasteiger charge is -2.45. The fourth-order valence-corrected chi connectivity index (χ4v) is 8.05. The standard InChI is InChI=1S/2C24H29F3N2O2/c2*1-16-11-18(13-20(12-16)24(25,26)27)17(2)31-15-23(19-7-5-4-6-8-19)10-9-22(3,14-29-23)21(28)30/h2*4-8,11-13,17,29H,9-10,14-15H2,1-3H3,(H2,28,30)/t17-,22+,23-;17-,22-,23-/m11/s1. The number of aryl methyl sites for hydroxylation is 2. The third-order valence-electron chi connectivity index (χ3n) is 12.6. The molecule has 14 heteroatoms. The molecule has 336 valence electrons. The molecule has 2 amide bonds. The number of carbonyl (C=O) groups excluding carboxylic acids is 2. The summed E-state index contributed by atoms with van der Waals surface area (Å²) >= 11 is 0. The monoisotopic (exact) mass is 868 g/mol. The third kappa shape index (κ3) is 11.4. The highest BCUT2D eigenvalue weighted by molar-refractivity contribution is 5.81. The molecule has 0 bridgehead atoms. The first kappa shape index (κ1) is 48.3. The molecule has 0 spiro atoms. The molecule has 4 aromatic rings. The van der Waals surface area contributed by atoms with Gasteiger partial charge in [-0.15, -0.1) is 0 Å². The van der Waals surface area contributed by atoms with Crippen LogP contribution in [0.2, 0.25) is 0 Å². The Morgan fingerprint density at radius 2 is 0.935 bits per heavy atom. The van der Waals surface area contributed by atoms with Crippen LogP contribution in [-0.2, 0) is 42.5 Å². The van der Waals surface area contributed by atoms with E-state index in [1.54, 1.807) is 39.8 Å². The number of benzene rings is 4. The summed E-state index contributed by atoms with van der Waals surface area (Å²) in [7, 11) is 0. The first-order chi connectivity index (χ1) is 28.9. The molecule has 2 aliphatic rings. The number of ether oxygens (including phenoxy) is 2. The number of hydrogen-bond acceptors (Lipinski definition) is 6. The molecule has 0 aliphatic carbocycles. The second-order valence-corrected chi connectivity index (χ2v) is 17.6. The Kier molecular flexibility index (Phi) is 14.7. The van der Waals surface area contributed by atoms with Crippen LogP contribution in [0, 0.1) is 24.7 Å². The van der Waals surface area contributed by atoms with Crippen LogP contribution >= 0.6 is 0 Å². The third-order valence-corrected chi connectivity index (χ3v) is 12.6. The van der Waals surface area contributed by atoms with Gasteiger partial charge in [-0.3, -0.25) is 9.59 Å². The molecule has 2 fully saturated rings. The van der Waals surface area contributed by atoms with Gasteiger partial charge in [0.15, 0.2) is 0 Å². The number of alkyl halides is 6. The average molecular weight is 869 g/mol. The Morgan fingerprint density at radius 1 is 0.597 bits per heavy atom. The number of piperidine rings is 2. The van der Waals surface area contributed by atoms with Crippen molar-refractivity contribution in [2.75, 3.05) is 26.3 Å². The van der Waals surface area contributed by atoms with Crippen LogP contribution in [0.4, 0.5) is 26.3 Å². The molecule has 0 aromatic heterocycles. The van der Waals surface area contributed by atoms with Crippen LogP contribution in [-0.4, -0.2) is 38.1 Å². The Hall–Kier alpha value is -4.76. The topological polar surface area (TPSA) is 129 Å². The summed E-state index contributed by atoms with van der Waals surface area (Å²) < 4.78 is 91.6. The summed E-state index contributed by atoms with van der Waals surface area (Å²) in [5, 5.41) is 6.94. The molecule has 0 unspecified atom stereocenters. The van der Waals surface area contributed by atoms with E-state index < -0.39 is 57.6 Å². The molecule has 6 N–H and O–H groups in total. The number of primary amides is 2. The van der Waals surface area contributed by atoms with Crippen LogP contribution < -0.4 is 22.1 Å². The van der Waals surface area contributed by atoms with Gasteiger partial charge in [0.1, 0.15) is 0 Å². The van der Waals surface area contributed by atoms with Crippen molar-refractivity contribution in [1.82, 2.24) is 10.6 Å². The van der Waals surface area contributed by atoms with Gasteiger partial charge in [0.2, 0.25) is 11.8 Å². The summed E-state index contributed by atoms with van der Waals surface area (Å²) in [5.41, 5.74) is 11.5. The van der Waals surface area contributed by atoms with E-state index in [-0.39, 0.29) is 25.0 Å². The predicted molar refractivity (Wildman–Crippen MR) is 226 cm³/mol. The van der Waals surface area contributed by atoms with Gasteiger partial charge in [-0.05, 0) is 114 Å². The second-order valence-electron chi connectivity index (χ2n) is 17.6. The number of amides is 2. The zero-order chi connectivity index (χ0) is 45.7. The molecule has 62 heavy (non-hydrogen) atoms. The summed E-state index contributed by atoms with van der Waals surface area (Å²) in [6.45, 7) is 11.8. The summed E-state index contributed by atoms with van der Waals surface area (Å²) in [6, 6.07) is 27.5. The number of rotatable bonds is 12. The lowest BCUT2D eigenvalue weighted by atomic mass is 9.72. The highest BCUT2D eigenvalue weighted by atomic mass is 19.4. The summed E-state index contributed by atoms with van der Waals surface area (Å²) in [5.74, 6) is -0.703. The molecule has 0 radical (unpaired) electrons. The maximum atomic E-state index is 13.2. The molecular weight excluding hydrogens is 811 g/mol. The van der Waals surface area contributed by atoms with E-state index in [4.69, 9.17) is 20.9 Å². The molecule has 2 saturated heterocycles. The van der Waals surface area contributed by atoms with Crippen LogP contribution in [0.3, 0.4) is 0 Å². The van der Waals surface area contributed by atoms with Crippen molar-refractivity contribution in [3.05, 3.63) is 142 Å². The highest BCUT2D eigenvalue weighted by Crippen LogP contribution is 2.41. The van der Waals surface area contributed by atoms with E-state index in [9.17, 15) is 35.9 Å². The number of nitrogens with two attached hydrogens (primary N) is 2. The van der Waals surface area contributed by atoms with Crippen LogP contribution in [0.15, 0.2) is 97.1 Å². The first-order valence-corrected chi connectivity index (χ1v) is 20.7. The molecular formula is C48H58F6N4O4. The highest BCUT2D eigenvalue weighted by Gasteiger charge is 2.46. The van der Waals surface area contributed by atoms with Gasteiger partial charge in [-0.25, -0.2) is 0 Å². The minimum absolute atomic E-state index is 0.252. The lowest BCUT2D eigenvalue weighted by molar-refractivity contribution is -0.138. The fourth-order valence-electron chi connectivity index (χ4n) is 8.05. The SMILES string of the molecule is Cc1cc([C@@H](C)OC[C@@]2(c3ccccc3)CC[C@@](C)(C(N)=O)CN2)cc(C(F)(F)F)c1.Cc1cc([C@@H](C)OC[C@@]2(c3ccccc3)CC[C@](C)(C(N)=O)CN2)cc(C(F)(F)F)c1. The van der Waals surface area contributed by atoms with Crippen molar-refractivity contribution in [1.29, 1.82) is 0 Å². The smallest absolute Gasteiger partial charge is 0.372 e. The minimum Gasteiger partial charge on any atom is -0.372 e. The quantitative estimate of drug-likeness (QED) is 0.105. The fraction of sp³-hybridized carbons (Fsp3) is 0.458. The van der Waals surface area contributed by atoms with Crippen molar-refractivity contribution >= 4 is 11.8 Å². The minimum atomic E-state index is -4.41. The molecule has 6 atom stereocenters. The molecule has 2 heterocycles. The van der Waals surface area contributed by atoms with Gasteiger partial charge in [0, 0.05) is 13.1 Å². The zero-order valence-corrected chi connectivity index (χ0v) is 36.1. The van der Waals surface area contributed by atoms with E-state index in [0.29, 0.717) is 61.0 Å². The van der Waals surface area contributed by atoms with Crippen molar-refractivity contribution < 1.29 is 45.4 Å². The number of carbonyl (C=O) groups is 2. The normalized spacial score (nSPS) is 25.2. The van der Waals surface area contributed by atoms with Crippen LogP contribution in [0.25, 0.3) is 0 Å². The van der Waals surface area contributed by atoms with E-state index in [0.717, 1.165) is 35.4 Å². The maximum absolute atomic E-state index is 13.2. The predicted octanol–water partition coefficient (Wildman–Crippen LogP) is 9.72. The number of hydrogen-bond donors (Lipinski definition) is 4. The molecule has 4 aromatic carbocycles. The van der Waals surface area contributed by atoms with Gasteiger partial charge in [-0.2, -0.15) is 26.3 Å². The largest absolute Gasteiger partial charge is 0.416 e. The first-order valence-electron chi connectivity index (χ1n) is 20.7. The van der Waals surface area contributed by atoms with Crippen molar-refractivity contribution in [2.45, 2.75) is 103 Å². The van der Waals surface area contributed by atoms with E-state index >= 15 is 0 Å². The van der Waals surface area contributed by atoms with Crippen molar-refractivity contribution in [2.24, 2.45) is 22.3 Å². The maximum Gasteiger partial charge on any atom is 0.416 e. The summed E-state index contributed by atoms with van der Waals surface area (Å²) in [6.07, 6.45) is -7.47. The van der Waals surface area contributed by atoms with Gasteiger partial charge in [0.25, 0.3) is 0 Å². The molecule has 8 nitrogen and oxygen atoms in total. The van der Waals surface area contributed by atoms with Gasteiger partial charge in [-0.1, -0.05) is 83.9 Å². The van der Waals surface area contributed by atoms with Crippen molar-refractivity contribution in [3.8, 4) is 0 Å². The van der Waals surface area contributed by atoms with Crippen LogP contribution in [0.5, 0.6) is 0 Å². The Bertz CT molecular complexity index is 1990. The van der Waals surface area contributed by atoms with E-state index in [1.165, 1.54) is 0 Å². The second kappa shape index (κ2) is 18.9. The molecule has 0 saturated carbocycles.